The average Bonchev–Trinajstić information content (AvgIpc) is 3.23. The number of benzene rings is 1. The van der Waals surface area contributed by atoms with Gasteiger partial charge in [-0.05, 0) is 51.2 Å². The van der Waals surface area contributed by atoms with Crippen molar-refractivity contribution in [1.29, 1.82) is 0 Å². The molecule has 0 saturated heterocycles. The van der Waals surface area contributed by atoms with Gasteiger partial charge in [0.15, 0.2) is 0 Å². The molecule has 0 aliphatic heterocycles. The molecule has 1 aromatic heterocycles. The molecule has 1 aliphatic carbocycles. The highest BCUT2D eigenvalue weighted by atomic mass is 32.2. The Labute approximate surface area is 204 Å². The van der Waals surface area contributed by atoms with Gasteiger partial charge in [0.05, 0.1) is 27.3 Å². The van der Waals surface area contributed by atoms with E-state index in [2.05, 4.69) is 15.0 Å². The third-order valence-electron chi connectivity index (χ3n) is 5.56. The average molecular weight is 510 g/mol. The van der Waals surface area contributed by atoms with Gasteiger partial charge in [-0.2, -0.15) is 0 Å². The topological polar surface area (TPSA) is 135 Å². The Kier molecular flexibility index (Phi) is 8.67. The van der Waals surface area contributed by atoms with E-state index in [0.29, 0.717) is 16.0 Å². The van der Waals surface area contributed by atoms with Crippen LogP contribution in [0, 0.1) is 0 Å². The van der Waals surface area contributed by atoms with Gasteiger partial charge in [-0.15, -0.1) is 11.3 Å². The molecule has 1 heterocycles. The lowest BCUT2D eigenvalue weighted by Crippen LogP contribution is -2.38. The van der Waals surface area contributed by atoms with Gasteiger partial charge in [0.1, 0.15) is 0 Å². The van der Waals surface area contributed by atoms with Gasteiger partial charge in [0, 0.05) is 30.3 Å². The number of carbonyl (C=O) groups excluding carboxylic acids is 1. The molecule has 1 fully saturated rings. The number of alkyl carbamates (subject to hydrolysis) is 1. The number of amides is 1. The van der Waals surface area contributed by atoms with Crippen LogP contribution in [0.25, 0.3) is 10.4 Å². The SMILES string of the molecule is CCNS(=O)(=O)c1cc(CC(=O)O)ccc1-c1cnc([C@H]2CC[C@H](NC(=O)OC(C)C)CC2)s1. The van der Waals surface area contributed by atoms with Crippen molar-refractivity contribution in [3.8, 4) is 10.4 Å². The van der Waals surface area contributed by atoms with E-state index in [9.17, 15) is 18.0 Å². The van der Waals surface area contributed by atoms with Crippen molar-refractivity contribution in [3.05, 3.63) is 35.0 Å². The Hall–Kier alpha value is -2.50. The van der Waals surface area contributed by atoms with Crippen molar-refractivity contribution < 1.29 is 27.9 Å². The second kappa shape index (κ2) is 11.3. The molecule has 0 unspecified atom stereocenters. The predicted octanol–water partition coefficient (Wildman–Crippen LogP) is 3.90. The maximum Gasteiger partial charge on any atom is 0.407 e. The van der Waals surface area contributed by atoms with E-state index < -0.39 is 22.1 Å². The summed E-state index contributed by atoms with van der Waals surface area (Å²) in [5.41, 5.74) is 0.921. The number of carboxylic acid groups (broad SMARTS) is 1. The van der Waals surface area contributed by atoms with Gasteiger partial charge >= 0.3 is 12.1 Å². The number of ether oxygens (including phenoxy) is 1. The highest BCUT2D eigenvalue weighted by Gasteiger charge is 2.27. The van der Waals surface area contributed by atoms with Crippen LogP contribution in [0.2, 0.25) is 0 Å². The van der Waals surface area contributed by atoms with Crippen molar-refractivity contribution in [1.82, 2.24) is 15.0 Å². The molecule has 3 N–H and O–H groups in total. The minimum absolute atomic E-state index is 0.0554. The number of carboxylic acids is 1. The second-order valence-corrected chi connectivity index (χ2v) is 11.4. The van der Waals surface area contributed by atoms with Crippen LogP contribution in [-0.4, -0.2) is 49.3 Å². The summed E-state index contributed by atoms with van der Waals surface area (Å²) in [5.74, 6) is -0.791. The highest BCUT2D eigenvalue weighted by molar-refractivity contribution is 7.89. The minimum atomic E-state index is -3.81. The number of aromatic nitrogens is 1. The summed E-state index contributed by atoms with van der Waals surface area (Å²) in [6.45, 7) is 5.54. The van der Waals surface area contributed by atoms with Crippen molar-refractivity contribution in [2.45, 2.75) is 75.8 Å². The molecule has 34 heavy (non-hydrogen) atoms. The normalized spacial score (nSPS) is 18.6. The fourth-order valence-electron chi connectivity index (χ4n) is 4.05. The number of hydrogen-bond donors (Lipinski definition) is 3. The third kappa shape index (κ3) is 6.77. The zero-order valence-electron chi connectivity index (χ0n) is 19.5. The van der Waals surface area contributed by atoms with E-state index in [1.807, 2.05) is 13.8 Å². The Morgan fingerprint density at radius 1 is 1.24 bits per heavy atom. The third-order valence-corrected chi connectivity index (χ3v) is 8.33. The number of sulfonamides is 1. The quantitative estimate of drug-likeness (QED) is 0.467. The zero-order valence-corrected chi connectivity index (χ0v) is 21.2. The lowest BCUT2D eigenvalue weighted by Gasteiger charge is -2.28. The van der Waals surface area contributed by atoms with Gasteiger partial charge < -0.3 is 15.2 Å². The maximum absolute atomic E-state index is 12.8. The lowest BCUT2D eigenvalue weighted by atomic mass is 9.86. The van der Waals surface area contributed by atoms with E-state index >= 15 is 0 Å². The molecule has 1 saturated carbocycles. The molecule has 2 aromatic rings. The summed E-state index contributed by atoms with van der Waals surface area (Å²) in [5, 5.41) is 12.9. The summed E-state index contributed by atoms with van der Waals surface area (Å²) in [4.78, 5) is 28.3. The van der Waals surface area contributed by atoms with Gasteiger partial charge in [-0.25, -0.2) is 22.9 Å². The number of aliphatic carboxylic acids is 1. The van der Waals surface area contributed by atoms with Crippen LogP contribution in [0.3, 0.4) is 0 Å². The van der Waals surface area contributed by atoms with Crippen molar-refractivity contribution >= 4 is 33.4 Å². The van der Waals surface area contributed by atoms with E-state index in [4.69, 9.17) is 9.84 Å². The van der Waals surface area contributed by atoms with Gasteiger partial charge in [-0.1, -0.05) is 19.1 Å². The predicted molar refractivity (Wildman–Crippen MR) is 130 cm³/mol. The minimum Gasteiger partial charge on any atom is -0.481 e. The van der Waals surface area contributed by atoms with Crippen molar-refractivity contribution in [3.63, 3.8) is 0 Å². The molecule has 1 amide bonds. The number of hydrogen-bond acceptors (Lipinski definition) is 7. The van der Waals surface area contributed by atoms with Gasteiger partial charge in [0.25, 0.3) is 0 Å². The summed E-state index contributed by atoms with van der Waals surface area (Å²) in [6.07, 6.45) is 4.22. The number of nitrogens with one attached hydrogen (secondary N) is 2. The first-order valence-electron chi connectivity index (χ1n) is 11.4. The largest absolute Gasteiger partial charge is 0.481 e. The molecule has 1 aliphatic rings. The first-order valence-corrected chi connectivity index (χ1v) is 13.7. The smallest absolute Gasteiger partial charge is 0.407 e. The first kappa shape index (κ1) is 26.1. The molecular weight excluding hydrogens is 478 g/mol. The van der Waals surface area contributed by atoms with Crippen LogP contribution >= 0.6 is 11.3 Å². The van der Waals surface area contributed by atoms with Crippen LogP contribution in [-0.2, 0) is 26.0 Å². The summed E-state index contributed by atoms with van der Waals surface area (Å²) < 4.78 is 33.3. The highest BCUT2D eigenvalue weighted by Crippen LogP contribution is 2.39. The number of carbonyl (C=O) groups is 2. The van der Waals surface area contributed by atoms with Gasteiger partial charge in [-0.3, -0.25) is 4.79 Å². The molecule has 0 bridgehead atoms. The number of thiazole rings is 1. The van der Waals surface area contributed by atoms with Crippen molar-refractivity contribution in [2.75, 3.05) is 6.54 Å². The van der Waals surface area contributed by atoms with Crippen LogP contribution in [0.5, 0.6) is 0 Å². The Balaban J connectivity index is 1.77. The first-order chi connectivity index (χ1) is 16.1. The fourth-order valence-corrected chi connectivity index (χ4v) is 6.55. The molecule has 0 atom stereocenters. The molecule has 0 spiro atoms. The van der Waals surface area contributed by atoms with E-state index in [1.165, 1.54) is 17.4 Å². The summed E-state index contributed by atoms with van der Waals surface area (Å²) >= 11 is 1.45. The Bertz CT molecular complexity index is 1120. The van der Waals surface area contributed by atoms with Crippen LogP contribution in [0.4, 0.5) is 4.79 Å². The van der Waals surface area contributed by atoms with Crippen LogP contribution in [0.1, 0.15) is 62.9 Å². The maximum atomic E-state index is 12.8. The van der Waals surface area contributed by atoms with Crippen molar-refractivity contribution in [2.24, 2.45) is 0 Å². The van der Waals surface area contributed by atoms with Gasteiger partial charge in [0.2, 0.25) is 10.0 Å². The lowest BCUT2D eigenvalue weighted by molar-refractivity contribution is -0.136. The van der Waals surface area contributed by atoms with E-state index in [1.54, 1.807) is 25.3 Å². The monoisotopic (exact) mass is 509 g/mol. The molecule has 9 nitrogen and oxygen atoms in total. The summed E-state index contributed by atoms with van der Waals surface area (Å²) in [6, 6.07) is 4.79. The summed E-state index contributed by atoms with van der Waals surface area (Å²) in [7, 11) is -3.81. The Morgan fingerprint density at radius 3 is 2.56 bits per heavy atom. The van der Waals surface area contributed by atoms with Crippen LogP contribution < -0.4 is 10.0 Å². The standard InChI is InChI=1S/C23H31N3O6S2/c1-4-25-34(30,31)20-11-15(12-21(27)28)5-10-18(20)19-13-24-22(33-19)16-6-8-17(9-7-16)26-23(29)32-14(2)3/h5,10-11,13-14,16-17,25H,4,6-9,12H2,1-3H3,(H,26,29)(H,27,28)/t16-,17-. The fraction of sp³-hybridized carbons (Fsp3) is 0.522. The zero-order chi connectivity index (χ0) is 24.9. The van der Waals surface area contributed by atoms with E-state index in [0.717, 1.165) is 30.7 Å². The molecule has 3 rings (SSSR count). The number of rotatable bonds is 9. The molecule has 186 valence electrons. The molecule has 1 aromatic carbocycles. The Morgan fingerprint density at radius 2 is 1.94 bits per heavy atom. The second-order valence-electron chi connectivity index (χ2n) is 8.61. The molecular formula is C23H31N3O6S2. The number of nitrogens with zero attached hydrogens (tertiary/aromatic N) is 1. The van der Waals surface area contributed by atoms with E-state index in [-0.39, 0.29) is 35.9 Å². The molecule has 11 heteroatoms. The van der Waals surface area contributed by atoms with Crippen LogP contribution in [0.15, 0.2) is 29.3 Å². The molecule has 0 radical (unpaired) electrons.